The number of aliphatic carboxylic acids is 1. The molecule has 2 aromatic rings. The summed E-state index contributed by atoms with van der Waals surface area (Å²) in [6.07, 6.45) is -1.34. The number of hydrogen-bond acceptors (Lipinski definition) is 3. The maximum absolute atomic E-state index is 11.4. The van der Waals surface area contributed by atoms with Crippen molar-refractivity contribution < 1.29 is 19.7 Å². The number of carboxylic acid groups (broad SMARTS) is 1. The maximum atomic E-state index is 11.4. The molecule has 5 heteroatoms. The molecule has 0 unspecified atom stereocenters. The highest BCUT2D eigenvalue weighted by atomic mass is 35.5. The van der Waals surface area contributed by atoms with E-state index in [0.717, 1.165) is 0 Å². The van der Waals surface area contributed by atoms with Gasteiger partial charge < -0.3 is 14.9 Å². The van der Waals surface area contributed by atoms with Gasteiger partial charge in [-0.1, -0.05) is 35.6 Å². The van der Waals surface area contributed by atoms with Gasteiger partial charge in [0.25, 0.3) is 0 Å². The first kappa shape index (κ1) is 16.9. The van der Waals surface area contributed by atoms with Crippen molar-refractivity contribution in [2.75, 3.05) is 7.11 Å². The number of halogens is 1. The van der Waals surface area contributed by atoms with Gasteiger partial charge in [0, 0.05) is 10.6 Å². The summed E-state index contributed by atoms with van der Waals surface area (Å²) in [5, 5.41) is 20.0. The summed E-state index contributed by atoms with van der Waals surface area (Å²) in [6.45, 7) is 0. The number of aliphatic hydroxyl groups excluding tert-OH is 1. The Hall–Kier alpha value is -2.48. The SMILES string of the molecule is COc1ccc(C#C[C@@H](O)[C@H](C(=O)O)c2ccc(Cl)cc2)cc1. The predicted molar refractivity (Wildman–Crippen MR) is 87.7 cm³/mol. The Morgan fingerprint density at radius 1 is 1.13 bits per heavy atom. The van der Waals surface area contributed by atoms with E-state index >= 15 is 0 Å². The molecule has 118 valence electrons. The molecule has 23 heavy (non-hydrogen) atoms. The molecule has 0 amide bonds. The van der Waals surface area contributed by atoms with E-state index in [-0.39, 0.29) is 0 Å². The molecule has 4 nitrogen and oxygen atoms in total. The summed E-state index contributed by atoms with van der Waals surface area (Å²) in [5.41, 5.74) is 1.10. The second-order valence-corrected chi connectivity index (χ2v) is 5.25. The Kier molecular flexibility index (Phi) is 5.64. The summed E-state index contributed by atoms with van der Waals surface area (Å²) >= 11 is 5.79. The van der Waals surface area contributed by atoms with Crippen LogP contribution in [0, 0.1) is 11.8 Å². The van der Waals surface area contributed by atoms with Crippen LogP contribution in [0.4, 0.5) is 0 Å². The number of carboxylic acids is 1. The van der Waals surface area contributed by atoms with Gasteiger partial charge in [-0.3, -0.25) is 4.79 Å². The highest BCUT2D eigenvalue weighted by molar-refractivity contribution is 6.30. The number of rotatable bonds is 4. The van der Waals surface area contributed by atoms with Crippen LogP contribution in [-0.4, -0.2) is 29.4 Å². The predicted octanol–water partition coefficient (Wildman–Crippen LogP) is 2.93. The number of hydrogen-bond donors (Lipinski definition) is 2. The third kappa shape index (κ3) is 4.49. The van der Waals surface area contributed by atoms with E-state index in [1.807, 2.05) is 0 Å². The van der Waals surface area contributed by atoms with Crippen molar-refractivity contribution in [1.82, 2.24) is 0 Å². The van der Waals surface area contributed by atoms with E-state index in [1.54, 1.807) is 55.6 Å². The van der Waals surface area contributed by atoms with Crippen LogP contribution < -0.4 is 4.74 Å². The normalized spacial score (nSPS) is 12.7. The minimum absolute atomic E-state index is 0.443. The Labute approximate surface area is 139 Å². The summed E-state index contributed by atoms with van der Waals surface area (Å²) in [5.74, 6) is 3.75. The van der Waals surface area contributed by atoms with Crippen molar-refractivity contribution in [2.24, 2.45) is 0 Å². The number of ether oxygens (including phenoxy) is 1. The van der Waals surface area contributed by atoms with Crippen molar-refractivity contribution in [3.63, 3.8) is 0 Å². The lowest BCUT2D eigenvalue weighted by molar-refractivity contribution is -0.140. The smallest absolute Gasteiger partial charge is 0.314 e. The number of methoxy groups -OCH3 is 1. The van der Waals surface area contributed by atoms with Crippen molar-refractivity contribution in [3.8, 4) is 17.6 Å². The molecule has 0 aliphatic heterocycles. The molecule has 0 fully saturated rings. The van der Waals surface area contributed by atoms with Crippen LogP contribution in [0.1, 0.15) is 17.0 Å². The number of benzene rings is 2. The average molecular weight is 331 g/mol. The van der Waals surface area contributed by atoms with Crippen molar-refractivity contribution in [2.45, 2.75) is 12.0 Å². The van der Waals surface area contributed by atoms with E-state index in [0.29, 0.717) is 21.9 Å². The molecule has 0 spiro atoms. The Bertz CT molecular complexity index is 726. The van der Waals surface area contributed by atoms with Gasteiger partial charge in [-0.05, 0) is 42.0 Å². The maximum Gasteiger partial charge on any atom is 0.314 e. The molecule has 0 saturated heterocycles. The molecule has 0 radical (unpaired) electrons. The van der Waals surface area contributed by atoms with Gasteiger partial charge in [-0.2, -0.15) is 0 Å². The van der Waals surface area contributed by atoms with Gasteiger partial charge in [0.15, 0.2) is 0 Å². The van der Waals surface area contributed by atoms with Gasteiger partial charge >= 0.3 is 5.97 Å². The molecular weight excluding hydrogens is 316 g/mol. The highest BCUT2D eigenvalue weighted by Crippen LogP contribution is 2.22. The largest absolute Gasteiger partial charge is 0.497 e. The second kappa shape index (κ2) is 7.68. The molecule has 0 aromatic heterocycles. The lowest BCUT2D eigenvalue weighted by Crippen LogP contribution is -2.24. The van der Waals surface area contributed by atoms with Crippen molar-refractivity contribution >= 4 is 17.6 Å². The van der Waals surface area contributed by atoms with E-state index in [9.17, 15) is 15.0 Å². The summed E-state index contributed by atoms with van der Waals surface area (Å²) in [6, 6.07) is 13.2. The van der Waals surface area contributed by atoms with Crippen LogP contribution in [0.25, 0.3) is 0 Å². The quantitative estimate of drug-likeness (QED) is 0.846. The molecule has 0 heterocycles. The van der Waals surface area contributed by atoms with E-state index < -0.39 is 18.0 Å². The van der Waals surface area contributed by atoms with Gasteiger partial charge in [0.1, 0.15) is 17.8 Å². The van der Waals surface area contributed by atoms with E-state index in [4.69, 9.17) is 16.3 Å². The van der Waals surface area contributed by atoms with Gasteiger partial charge in [0.2, 0.25) is 0 Å². The molecule has 0 saturated carbocycles. The Balaban J connectivity index is 2.21. The fourth-order valence-corrected chi connectivity index (χ4v) is 2.17. The minimum Gasteiger partial charge on any atom is -0.497 e. The zero-order valence-corrected chi connectivity index (χ0v) is 13.1. The van der Waals surface area contributed by atoms with Gasteiger partial charge in [-0.25, -0.2) is 0 Å². The second-order valence-electron chi connectivity index (χ2n) is 4.81. The summed E-state index contributed by atoms with van der Waals surface area (Å²) in [4.78, 5) is 11.4. The third-order valence-corrected chi connectivity index (χ3v) is 3.52. The third-order valence-electron chi connectivity index (χ3n) is 3.27. The van der Waals surface area contributed by atoms with Gasteiger partial charge in [-0.15, -0.1) is 0 Å². The van der Waals surface area contributed by atoms with Crippen LogP contribution in [-0.2, 0) is 4.79 Å². The van der Waals surface area contributed by atoms with Crippen LogP contribution in [0.15, 0.2) is 48.5 Å². The molecule has 0 aliphatic carbocycles. The molecule has 2 rings (SSSR count). The molecule has 2 aromatic carbocycles. The average Bonchev–Trinajstić information content (AvgIpc) is 2.55. The topological polar surface area (TPSA) is 66.8 Å². The van der Waals surface area contributed by atoms with Crippen LogP contribution in [0.3, 0.4) is 0 Å². The first-order valence-electron chi connectivity index (χ1n) is 6.83. The molecular formula is C18H15ClO4. The minimum atomic E-state index is -1.34. The summed E-state index contributed by atoms with van der Waals surface area (Å²) < 4.78 is 5.05. The lowest BCUT2D eigenvalue weighted by atomic mass is 9.93. The molecule has 2 N–H and O–H groups in total. The monoisotopic (exact) mass is 330 g/mol. The van der Waals surface area contributed by atoms with Gasteiger partial charge in [0.05, 0.1) is 7.11 Å². The van der Waals surface area contributed by atoms with E-state index in [1.165, 1.54) is 0 Å². The fraction of sp³-hybridized carbons (Fsp3) is 0.167. The fourth-order valence-electron chi connectivity index (χ4n) is 2.04. The van der Waals surface area contributed by atoms with E-state index in [2.05, 4.69) is 11.8 Å². The standard InChI is InChI=1S/C18H15ClO4/c1-23-15-9-2-12(3-10-15)4-11-16(20)17(18(21)22)13-5-7-14(19)8-6-13/h2-3,5-10,16-17,20H,1H3,(H,21,22)/t16-,17-/m1/s1. The lowest BCUT2D eigenvalue weighted by Gasteiger charge is -2.15. The zero-order valence-electron chi connectivity index (χ0n) is 12.4. The zero-order chi connectivity index (χ0) is 16.8. The molecule has 2 atom stereocenters. The molecule has 0 bridgehead atoms. The molecule has 0 aliphatic rings. The number of aliphatic hydroxyl groups is 1. The van der Waals surface area contributed by atoms with Crippen molar-refractivity contribution in [3.05, 3.63) is 64.7 Å². The van der Waals surface area contributed by atoms with Crippen LogP contribution in [0.2, 0.25) is 5.02 Å². The Morgan fingerprint density at radius 3 is 2.26 bits per heavy atom. The highest BCUT2D eigenvalue weighted by Gasteiger charge is 2.27. The first-order chi connectivity index (χ1) is 11.0. The summed E-state index contributed by atoms with van der Waals surface area (Å²) in [7, 11) is 1.56. The van der Waals surface area contributed by atoms with Crippen LogP contribution >= 0.6 is 11.6 Å². The van der Waals surface area contributed by atoms with Crippen molar-refractivity contribution in [1.29, 1.82) is 0 Å². The number of carbonyl (C=O) groups is 1. The first-order valence-corrected chi connectivity index (χ1v) is 7.21. The van der Waals surface area contributed by atoms with Crippen LogP contribution in [0.5, 0.6) is 5.75 Å². The Morgan fingerprint density at radius 2 is 1.74 bits per heavy atom.